The van der Waals surface area contributed by atoms with Crippen LogP contribution in [0.1, 0.15) is 36.1 Å². The largest absolute Gasteiger partial charge is 0.271 e. The van der Waals surface area contributed by atoms with Crippen LogP contribution in [0.5, 0.6) is 0 Å². The molecule has 2 nitrogen and oxygen atoms in total. The Morgan fingerprint density at radius 1 is 0.944 bits per heavy atom. The van der Waals surface area contributed by atoms with Crippen molar-refractivity contribution < 1.29 is 0 Å². The number of rotatable bonds is 5. The van der Waals surface area contributed by atoms with Gasteiger partial charge in [0.15, 0.2) is 0 Å². The maximum absolute atomic E-state index is 5.68. The molecule has 0 spiro atoms. The Balaban J connectivity index is 2.23. The SMILES string of the molecule is CCCc1ccc(C(NN)c2ccccc2)cc1. The number of aryl methyl sites for hydroxylation is 1. The molecule has 94 valence electrons. The van der Waals surface area contributed by atoms with Gasteiger partial charge in [-0.25, -0.2) is 5.43 Å². The summed E-state index contributed by atoms with van der Waals surface area (Å²) in [7, 11) is 0. The molecular formula is C16H20N2. The standard InChI is InChI=1S/C16H20N2/c1-2-6-13-9-11-15(12-10-13)16(18-17)14-7-4-3-5-8-14/h3-5,7-12,16,18H,2,6,17H2,1H3. The molecule has 0 aliphatic carbocycles. The van der Waals surface area contributed by atoms with E-state index >= 15 is 0 Å². The highest BCUT2D eigenvalue weighted by molar-refractivity contribution is 5.33. The molecule has 3 N–H and O–H groups in total. The van der Waals surface area contributed by atoms with E-state index in [0.29, 0.717) is 0 Å². The van der Waals surface area contributed by atoms with Crippen LogP contribution in [0.4, 0.5) is 0 Å². The molecule has 0 fully saturated rings. The summed E-state index contributed by atoms with van der Waals surface area (Å²) in [4.78, 5) is 0. The van der Waals surface area contributed by atoms with Gasteiger partial charge >= 0.3 is 0 Å². The minimum Gasteiger partial charge on any atom is -0.271 e. The number of hydrogen-bond donors (Lipinski definition) is 2. The zero-order chi connectivity index (χ0) is 12.8. The van der Waals surface area contributed by atoms with Crippen LogP contribution in [0.15, 0.2) is 54.6 Å². The van der Waals surface area contributed by atoms with Crippen molar-refractivity contribution in [1.82, 2.24) is 5.43 Å². The molecule has 1 atom stereocenters. The molecule has 0 aliphatic rings. The highest BCUT2D eigenvalue weighted by Gasteiger charge is 2.11. The average molecular weight is 240 g/mol. The molecule has 0 aliphatic heterocycles. The molecule has 0 aromatic heterocycles. The summed E-state index contributed by atoms with van der Waals surface area (Å²) in [6, 6.07) is 19.0. The maximum atomic E-state index is 5.68. The van der Waals surface area contributed by atoms with Crippen LogP contribution >= 0.6 is 0 Å². The minimum atomic E-state index is 0.0573. The lowest BCUT2D eigenvalue weighted by Gasteiger charge is -2.17. The Bertz CT molecular complexity index is 462. The van der Waals surface area contributed by atoms with Crippen molar-refractivity contribution in [3.8, 4) is 0 Å². The quantitative estimate of drug-likeness (QED) is 0.622. The maximum Gasteiger partial charge on any atom is 0.0710 e. The molecule has 0 bridgehead atoms. The Morgan fingerprint density at radius 2 is 1.56 bits per heavy atom. The lowest BCUT2D eigenvalue weighted by atomic mass is 9.97. The van der Waals surface area contributed by atoms with Gasteiger partial charge in [0.25, 0.3) is 0 Å². The van der Waals surface area contributed by atoms with Crippen LogP contribution < -0.4 is 11.3 Å². The molecule has 2 heteroatoms. The zero-order valence-corrected chi connectivity index (χ0v) is 10.8. The molecule has 0 saturated carbocycles. The highest BCUT2D eigenvalue weighted by Crippen LogP contribution is 2.21. The van der Waals surface area contributed by atoms with Gasteiger partial charge in [0.2, 0.25) is 0 Å². The lowest BCUT2D eigenvalue weighted by molar-refractivity contribution is 0.636. The summed E-state index contributed by atoms with van der Waals surface area (Å²) in [5.41, 5.74) is 6.65. The third-order valence-electron chi connectivity index (χ3n) is 3.15. The van der Waals surface area contributed by atoms with Crippen molar-refractivity contribution in [2.45, 2.75) is 25.8 Å². The molecule has 0 radical (unpaired) electrons. The van der Waals surface area contributed by atoms with Gasteiger partial charge in [0.1, 0.15) is 0 Å². The molecule has 2 aromatic rings. The van der Waals surface area contributed by atoms with Crippen LogP contribution in [0.3, 0.4) is 0 Å². The molecule has 0 heterocycles. The van der Waals surface area contributed by atoms with E-state index in [1.165, 1.54) is 23.1 Å². The van der Waals surface area contributed by atoms with Crippen LogP contribution in [-0.2, 0) is 6.42 Å². The van der Waals surface area contributed by atoms with E-state index in [-0.39, 0.29) is 6.04 Å². The number of hydrogen-bond acceptors (Lipinski definition) is 2. The van der Waals surface area contributed by atoms with Crippen molar-refractivity contribution in [1.29, 1.82) is 0 Å². The van der Waals surface area contributed by atoms with E-state index in [0.717, 1.165) is 6.42 Å². The smallest absolute Gasteiger partial charge is 0.0710 e. The molecule has 2 rings (SSSR count). The van der Waals surface area contributed by atoms with E-state index in [1.54, 1.807) is 0 Å². The van der Waals surface area contributed by atoms with Crippen LogP contribution in [-0.4, -0.2) is 0 Å². The molecule has 0 amide bonds. The van der Waals surface area contributed by atoms with Gasteiger partial charge < -0.3 is 0 Å². The second kappa shape index (κ2) is 6.34. The molecule has 1 unspecified atom stereocenters. The van der Waals surface area contributed by atoms with E-state index in [9.17, 15) is 0 Å². The summed E-state index contributed by atoms with van der Waals surface area (Å²) in [6.07, 6.45) is 2.31. The number of benzene rings is 2. The fourth-order valence-corrected chi connectivity index (χ4v) is 2.20. The third-order valence-corrected chi connectivity index (χ3v) is 3.15. The van der Waals surface area contributed by atoms with Gasteiger partial charge in [-0.3, -0.25) is 5.84 Å². The predicted octanol–water partition coefficient (Wildman–Crippen LogP) is 3.19. The van der Waals surface area contributed by atoms with Gasteiger partial charge in [0, 0.05) is 0 Å². The number of nitrogens with one attached hydrogen (secondary N) is 1. The second-order valence-corrected chi connectivity index (χ2v) is 4.50. The Kier molecular flexibility index (Phi) is 4.51. The lowest BCUT2D eigenvalue weighted by Crippen LogP contribution is -2.28. The normalized spacial score (nSPS) is 12.3. The van der Waals surface area contributed by atoms with Gasteiger partial charge in [-0.15, -0.1) is 0 Å². The van der Waals surface area contributed by atoms with Crippen LogP contribution in [0.25, 0.3) is 0 Å². The fraction of sp³-hybridized carbons (Fsp3) is 0.250. The van der Waals surface area contributed by atoms with E-state index < -0.39 is 0 Å². The first-order chi connectivity index (χ1) is 8.85. The van der Waals surface area contributed by atoms with Gasteiger partial charge in [-0.05, 0) is 23.1 Å². The monoisotopic (exact) mass is 240 g/mol. The third kappa shape index (κ3) is 2.97. The Hall–Kier alpha value is -1.64. The topological polar surface area (TPSA) is 38.0 Å². The summed E-state index contributed by atoms with van der Waals surface area (Å²) < 4.78 is 0. The number of hydrazine groups is 1. The van der Waals surface area contributed by atoms with Crippen molar-refractivity contribution in [2.75, 3.05) is 0 Å². The van der Waals surface area contributed by atoms with Crippen LogP contribution in [0, 0.1) is 0 Å². The van der Waals surface area contributed by atoms with Crippen molar-refractivity contribution >= 4 is 0 Å². The first-order valence-corrected chi connectivity index (χ1v) is 6.45. The molecule has 0 saturated heterocycles. The van der Waals surface area contributed by atoms with E-state index in [2.05, 4.69) is 48.7 Å². The summed E-state index contributed by atoms with van der Waals surface area (Å²) >= 11 is 0. The minimum absolute atomic E-state index is 0.0573. The first kappa shape index (κ1) is 12.8. The van der Waals surface area contributed by atoms with Crippen molar-refractivity contribution in [3.05, 3.63) is 71.3 Å². The molecule has 18 heavy (non-hydrogen) atoms. The summed E-state index contributed by atoms with van der Waals surface area (Å²) in [5, 5.41) is 0. The van der Waals surface area contributed by atoms with E-state index in [4.69, 9.17) is 5.84 Å². The van der Waals surface area contributed by atoms with Crippen LogP contribution in [0.2, 0.25) is 0 Å². The first-order valence-electron chi connectivity index (χ1n) is 6.45. The Morgan fingerprint density at radius 3 is 2.11 bits per heavy atom. The Labute approximate surface area is 109 Å². The highest BCUT2D eigenvalue weighted by atomic mass is 15.2. The second-order valence-electron chi connectivity index (χ2n) is 4.50. The van der Waals surface area contributed by atoms with Gasteiger partial charge in [-0.2, -0.15) is 0 Å². The van der Waals surface area contributed by atoms with E-state index in [1.807, 2.05) is 18.2 Å². The zero-order valence-electron chi connectivity index (χ0n) is 10.8. The average Bonchev–Trinajstić information content (AvgIpc) is 2.43. The van der Waals surface area contributed by atoms with Crippen molar-refractivity contribution in [2.24, 2.45) is 5.84 Å². The fourth-order valence-electron chi connectivity index (χ4n) is 2.20. The van der Waals surface area contributed by atoms with Gasteiger partial charge in [-0.1, -0.05) is 67.9 Å². The summed E-state index contributed by atoms with van der Waals surface area (Å²) in [6.45, 7) is 2.20. The molecular weight excluding hydrogens is 220 g/mol. The molecule has 2 aromatic carbocycles. The predicted molar refractivity (Wildman–Crippen MR) is 76.0 cm³/mol. The van der Waals surface area contributed by atoms with Gasteiger partial charge in [0.05, 0.1) is 6.04 Å². The van der Waals surface area contributed by atoms with Crippen molar-refractivity contribution in [3.63, 3.8) is 0 Å². The summed E-state index contributed by atoms with van der Waals surface area (Å²) in [5.74, 6) is 5.68. The number of nitrogens with two attached hydrogens (primary N) is 1.